The standard InChI is InChI=1S/C15H11NO5/c1-2-7-16(9-14(18)19)15(20)13-8-11(17)10-5-3-4-6-12(10)21-13/h1,3-6,8H,7,9H2,(H,18,19). The summed E-state index contributed by atoms with van der Waals surface area (Å²) in [7, 11) is 0. The molecule has 0 aliphatic heterocycles. The summed E-state index contributed by atoms with van der Waals surface area (Å²) in [5.74, 6) is 0.0125. The molecule has 0 unspecified atom stereocenters. The molecular formula is C15H11NO5. The van der Waals surface area contributed by atoms with Crippen molar-refractivity contribution in [1.29, 1.82) is 0 Å². The lowest BCUT2D eigenvalue weighted by Gasteiger charge is -2.16. The SMILES string of the molecule is C#CCN(CC(=O)O)C(=O)c1cc(=O)c2ccccc2o1. The lowest BCUT2D eigenvalue weighted by atomic mass is 10.2. The molecule has 0 atom stereocenters. The highest BCUT2D eigenvalue weighted by molar-refractivity contribution is 5.94. The van der Waals surface area contributed by atoms with Crippen LogP contribution in [0.3, 0.4) is 0 Å². The van der Waals surface area contributed by atoms with Crippen LogP contribution in [0.2, 0.25) is 0 Å². The Balaban J connectivity index is 2.45. The third kappa shape index (κ3) is 3.09. The second kappa shape index (κ2) is 5.92. The van der Waals surface area contributed by atoms with E-state index >= 15 is 0 Å². The van der Waals surface area contributed by atoms with E-state index in [1.165, 1.54) is 0 Å². The van der Waals surface area contributed by atoms with Gasteiger partial charge < -0.3 is 14.4 Å². The maximum Gasteiger partial charge on any atom is 0.323 e. The Labute approximate surface area is 119 Å². The van der Waals surface area contributed by atoms with E-state index in [4.69, 9.17) is 15.9 Å². The summed E-state index contributed by atoms with van der Waals surface area (Å²) in [5, 5.41) is 9.12. The molecule has 0 fully saturated rings. The predicted octanol–water partition coefficient (Wildman–Crippen LogP) is 0.953. The number of amides is 1. The van der Waals surface area contributed by atoms with Gasteiger partial charge in [0.25, 0.3) is 5.91 Å². The number of rotatable bonds is 4. The van der Waals surface area contributed by atoms with Crippen molar-refractivity contribution in [1.82, 2.24) is 4.90 Å². The van der Waals surface area contributed by atoms with Crippen molar-refractivity contribution < 1.29 is 19.1 Å². The van der Waals surface area contributed by atoms with Crippen LogP contribution in [0.15, 0.2) is 39.5 Å². The number of nitrogens with zero attached hydrogens (tertiary/aromatic N) is 1. The van der Waals surface area contributed by atoms with Crippen LogP contribution in [0.25, 0.3) is 11.0 Å². The molecule has 0 bridgehead atoms. The third-order valence-electron chi connectivity index (χ3n) is 2.74. The van der Waals surface area contributed by atoms with Gasteiger partial charge in [-0.3, -0.25) is 14.4 Å². The van der Waals surface area contributed by atoms with Gasteiger partial charge in [-0.05, 0) is 12.1 Å². The first kappa shape index (κ1) is 14.3. The minimum Gasteiger partial charge on any atom is -0.480 e. The number of carbonyl (C=O) groups is 2. The molecule has 6 heteroatoms. The maximum absolute atomic E-state index is 12.2. The summed E-state index contributed by atoms with van der Waals surface area (Å²) in [6.07, 6.45) is 5.11. The first-order chi connectivity index (χ1) is 10.0. The molecule has 1 aromatic carbocycles. The molecule has 21 heavy (non-hydrogen) atoms. The first-order valence-electron chi connectivity index (χ1n) is 6.00. The highest BCUT2D eigenvalue weighted by Gasteiger charge is 2.21. The van der Waals surface area contributed by atoms with E-state index in [1.54, 1.807) is 24.3 Å². The van der Waals surface area contributed by atoms with Gasteiger partial charge in [0.2, 0.25) is 0 Å². The smallest absolute Gasteiger partial charge is 0.323 e. The van der Waals surface area contributed by atoms with Crippen molar-refractivity contribution in [2.75, 3.05) is 13.1 Å². The number of carboxylic acids is 1. The number of benzene rings is 1. The van der Waals surface area contributed by atoms with Crippen molar-refractivity contribution in [2.45, 2.75) is 0 Å². The van der Waals surface area contributed by atoms with E-state index in [-0.39, 0.29) is 23.3 Å². The Morgan fingerprint density at radius 1 is 1.33 bits per heavy atom. The van der Waals surface area contributed by atoms with Gasteiger partial charge in [0.05, 0.1) is 11.9 Å². The van der Waals surface area contributed by atoms with Crippen LogP contribution >= 0.6 is 0 Å². The highest BCUT2D eigenvalue weighted by atomic mass is 16.4. The van der Waals surface area contributed by atoms with Crippen molar-refractivity contribution in [3.05, 3.63) is 46.3 Å². The third-order valence-corrected chi connectivity index (χ3v) is 2.74. The molecule has 1 heterocycles. The molecule has 1 N–H and O–H groups in total. The zero-order valence-corrected chi connectivity index (χ0v) is 10.9. The van der Waals surface area contributed by atoms with Crippen molar-refractivity contribution in [3.8, 4) is 12.3 Å². The molecule has 106 valence electrons. The summed E-state index contributed by atoms with van der Waals surface area (Å²) in [6, 6.07) is 7.50. The average molecular weight is 285 g/mol. The minimum atomic E-state index is -1.21. The predicted molar refractivity (Wildman–Crippen MR) is 74.9 cm³/mol. The van der Waals surface area contributed by atoms with E-state index in [1.807, 2.05) is 0 Å². The Hall–Kier alpha value is -3.07. The van der Waals surface area contributed by atoms with Crippen LogP contribution in [0.4, 0.5) is 0 Å². The number of carboxylic acid groups (broad SMARTS) is 1. The maximum atomic E-state index is 12.2. The lowest BCUT2D eigenvalue weighted by molar-refractivity contribution is -0.137. The molecule has 1 amide bonds. The van der Waals surface area contributed by atoms with E-state index in [0.717, 1.165) is 11.0 Å². The van der Waals surface area contributed by atoms with Gasteiger partial charge in [-0.1, -0.05) is 18.1 Å². The molecule has 0 saturated heterocycles. The summed E-state index contributed by atoms with van der Waals surface area (Å²) < 4.78 is 5.36. The average Bonchev–Trinajstić information content (AvgIpc) is 2.45. The molecule has 1 aromatic heterocycles. The van der Waals surface area contributed by atoms with Crippen molar-refractivity contribution >= 4 is 22.8 Å². The number of carbonyl (C=O) groups excluding carboxylic acids is 1. The largest absolute Gasteiger partial charge is 0.480 e. The van der Waals surface area contributed by atoms with Gasteiger partial charge in [0.15, 0.2) is 11.2 Å². The van der Waals surface area contributed by atoms with Crippen LogP contribution < -0.4 is 5.43 Å². The first-order valence-corrected chi connectivity index (χ1v) is 6.00. The second-order valence-electron chi connectivity index (χ2n) is 4.23. The fourth-order valence-corrected chi connectivity index (χ4v) is 1.84. The number of hydrogen-bond donors (Lipinski definition) is 1. The van der Waals surface area contributed by atoms with Crippen LogP contribution in [0.1, 0.15) is 10.6 Å². The Morgan fingerprint density at radius 3 is 2.71 bits per heavy atom. The zero-order valence-electron chi connectivity index (χ0n) is 10.9. The van der Waals surface area contributed by atoms with Gasteiger partial charge in [0.1, 0.15) is 12.1 Å². The molecule has 6 nitrogen and oxygen atoms in total. The number of para-hydroxylation sites is 1. The van der Waals surface area contributed by atoms with Crippen molar-refractivity contribution in [2.24, 2.45) is 0 Å². The quantitative estimate of drug-likeness (QED) is 0.845. The fraction of sp³-hybridized carbons (Fsp3) is 0.133. The van der Waals surface area contributed by atoms with Gasteiger partial charge in [-0.25, -0.2) is 0 Å². The Morgan fingerprint density at radius 2 is 2.05 bits per heavy atom. The molecule has 0 spiro atoms. The topological polar surface area (TPSA) is 87.8 Å². The molecule has 2 aromatic rings. The molecule has 0 aliphatic carbocycles. The van der Waals surface area contributed by atoms with E-state index in [2.05, 4.69) is 5.92 Å². The fourth-order valence-electron chi connectivity index (χ4n) is 1.84. The lowest BCUT2D eigenvalue weighted by Crippen LogP contribution is -2.36. The summed E-state index contributed by atoms with van der Waals surface area (Å²) in [4.78, 5) is 35.8. The molecule has 0 saturated carbocycles. The zero-order chi connectivity index (χ0) is 15.4. The van der Waals surface area contributed by atoms with Gasteiger partial charge in [-0.15, -0.1) is 6.42 Å². The van der Waals surface area contributed by atoms with Crippen molar-refractivity contribution in [3.63, 3.8) is 0 Å². The highest BCUT2D eigenvalue weighted by Crippen LogP contribution is 2.13. The van der Waals surface area contributed by atoms with E-state index < -0.39 is 18.4 Å². The summed E-state index contributed by atoms with van der Waals surface area (Å²) in [6.45, 7) is -0.763. The van der Waals surface area contributed by atoms with E-state index in [9.17, 15) is 14.4 Å². The second-order valence-corrected chi connectivity index (χ2v) is 4.23. The number of terminal acetylenes is 1. The number of aliphatic carboxylic acids is 1. The monoisotopic (exact) mass is 285 g/mol. The van der Waals surface area contributed by atoms with Crippen LogP contribution in [0, 0.1) is 12.3 Å². The molecule has 0 radical (unpaired) electrons. The number of fused-ring (bicyclic) bond motifs is 1. The normalized spacial score (nSPS) is 10.0. The van der Waals surface area contributed by atoms with Crippen LogP contribution in [0.5, 0.6) is 0 Å². The van der Waals surface area contributed by atoms with Gasteiger partial charge in [-0.2, -0.15) is 0 Å². The van der Waals surface area contributed by atoms with Crippen LogP contribution in [-0.2, 0) is 4.79 Å². The van der Waals surface area contributed by atoms with Crippen LogP contribution in [-0.4, -0.2) is 35.0 Å². The minimum absolute atomic E-state index is 0.193. The summed E-state index contributed by atoms with van der Waals surface area (Å²) >= 11 is 0. The summed E-state index contributed by atoms with van der Waals surface area (Å²) in [5.41, 5.74) is -0.125. The molecule has 2 rings (SSSR count). The van der Waals surface area contributed by atoms with Gasteiger partial charge >= 0.3 is 5.97 Å². The Bertz CT molecular complexity index is 800. The molecular weight excluding hydrogens is 274 g/mol. The van der Waals surface area contributed by atoms with Gasteiger partial charge in [0, 0.05) is 6.07 Å². The van der Waals surface area contributed by atoms with E-state index in [0.29, 0.717) is 5.39 Å². The number of hydrogen-bond acceptors (Lipinski definition) is 4. The Kier molecular flexibility index (Phi) is 4.05. The molecule has 0 aliphatic rings.